The Balaban J connectivity index is 1.34. The summed E-state index contributed by atoms with van der Waals surface area (Å²) in [5, 5.41) is 3.73. The lowest BCUT2D eigenvalue weighted by atomic mass is 10.2. The van der Waals surface area contributed by atoms with Crippen LogP contribution in [-0.4, -0.2) is 49.8 Å². The monoisotopic (exact) mass is 387 g/mol. The molecule has 6 nitrogen and oxygen atoms in total. The molecule has 0 unspecified atom stereocenters. The lowest BCUT2D eigenvalue weighted by Crippen LogP contribution is -2.52. The van der Waals surface area contributed by atoms with E-state index in [1.165, 1.54) is 0 Å². The topological polar surface area (TPSA) is 54.0 Å². The molecule has 2 aromatic rings. The summed E-state index contributed by atoms with van der Waals surface area (Å²) in [6, 6.07) is 13.1. The molecule has 0 spiro atoms. The van der Waals surface area contributed by atoms with Crippen LogP contribution in [-0.2, 0) is 4.79 Å². The number of para-hydroxylation sites is 1. The van der Waals surface area contributed by atoms with E-state index < -0.39 is 0 Å². The number of anilines is 2. The van der Waals surface area contributed by atoms with Gasteiger partial charge in [-0.2, -0.15) is 0 Å². The second kappa shape index (κ2) is 7.66. The van der Waals surface area contributed by atoms with Crippen molar-refractivity contribution in [2.45, 2.75) is 13.0 Å². The van der Waals surface area contributed by atoms with Crippen LogP contribution in [0, 0.1) is 0 Å². The molecule has 4 rings (SSSR count). The molecule has 1 saturated heterocycles. The van der Waals surface area contributed by atoms with Crippen LogP contribution in [0.1, 0.15) is 6.92 Å². The number of piperazine rings is 1. The predicted molar refractivity (Wildman–Crippen MR) is 106 cm³/mol. The molecule has 2 aliphatic heterocycles. The average Bonchev–Trinajstić information content (AvgIpc) is 3.16. The van der Waals surface area contributed by atoms with Gasteiger partial charge >= 0.3 is 0 Å². The van der Waals surface area contributed by atoms with Crippen molar-refractivity contribution in [2.75, 3.05) is 43.2 Å². The number of amides is 1. The summed E-state index contributed by atoms with van der Waals surface area (Å²) in [6.07, 6.45) is 0. The fourth-order valence-corrected chi connectivity index (χ4v) is 3.70. The van der Waals surface area contributed by atoms with Gasteiger partial charge in [0, 0.05) is 37.9 Å². The van der Waals surface area contributed by atoms with Crippen molar-refractivity contribution in [1.29, 1.82) is 0 Å². The maximum atomic E-state index is 12.7. The van der Waals surface area contributed by atoms with Gasteiger partial charge in [0.05, 0.1) is 16.8 Å². The average molecular weight is 388 g/mol. The Kier molecular flexibility index (Phi) is 5.09. The van der Waals surface area contributed by atoms with Gasteiger partial charge in [-0.3, -0.25) is 9.69 Å². The molecule has 2 aliphatic rings. The molecule has 1 atom stereocenters. The quantitative estimate of drug-likeness (QED) is 0.873. The first kappa shape index (κ1) is 17.9. The van der Waals surface area contributed by atoms with Gasteiger partial charge in [-0.25, -0.2) is 0 Å². The standard InChI is InChI=1S/C20H22ClN3O3/c1-14(20(25)22-15-6-7-18-19(12-15)27-13-26-18)23-8-10-24(11-9-23)17-5-3-2-4-16(17)21/h2-7,12,14H,8-11,13H2,1H3,(H,22,25)/t14-/m0/s1. The fourth-order valence-electron chi connectivity index (χ4n) is 3.45. The van der Waals surface area contributed by atoms with Crippen molar-refractivity contribution in [3.63, 3.8) is 0 Å². The van der Waals surface area contributed by atoms with Crippen molar-refractivity contribution in [2.24, 2.45) is 0 Å². The minimum atomic E-state index is -0.219. The van der Waals surface area contributed by atoms with E-state index in [2.05, 4.69) is 15.1 Å². The van der Waals surface area contributed by atoms with Crippen LogP contribution >= 0.6 is 11.6 Å². The smallest absolute Gasteiger partial charge is 0.241 e. The highest BCUT2D eigenvalue weighted by atomic mass is 35.5. The van der Waals surface area contributed by atoms with Gasteiger partial charge in [-0.05, 0) is 31.2 Å². The lowest BCUT2D eigenvalue weighted by Gasteiger charge is -2.38. The maximum Gasteiger partial charge on any atom is 0.241 e. The summed E-state index contributed by atoms with van der Waals surface area (Å²) >= 11 is 6.30. The van der Waals surface area contributed by atoms with Crippen LogP contribution in [0.3, 0.4) is 0 Å². The van der Waals surface area contributed by atoms with Crippen molar-refractivity contribution < 1.29 is 14.3 Å². The van der Waals surface area contributed by atoms with Crippen LogP contribution in [0.4, 0.5) is 11.4 Å². The zero-order valence-electron chi connectivity index (χ0n) is 15.2. The zero-order chi connectivity index (χ0) is 18.8. The van der Waals surface area contributed by atoms with Gasteiger partial charge in [0.1, 0.15) is 0 Å². The molecule has 2 heterocycles. The number of rotatable bonds is 4. The summed E-state index contributed by atoms with van der Waals surface area (Å²) in [4.78, 5) is 17.1. The first-order valence-corrected chi connectivity index (χ1v) is 9.43. The van der Waals surface area contributed by atoms with E-state index in [0.717, 1.165) is 36.9 Å². The minimum Gasteiger partial charge on any atom is -0.454 e. The summed E-state index contributed by atoms with van der Waals surface area (Å²) in [6.45, 7) is 5.45. The molecule has 142 valence electrons. The molecule has 7 heteroatoms. The van der Waals surface area contributed by atoms with E-state index in [1.54, 1.807) is 6.07 Å². The van der Waals surface area contributed by atoms with E-state index in [9.17, 15) is 4.79 Å². The first-order valence-electron chi connectivity index (χ1n) is 9.06. The summed E-state index contributed by atoms with van der Waals surface area (Å²) in [5.74, 6) is 1.34. The highest BCUT2D eigenvalue weighted by Gasteiger charge is 2.26. The predicted octanol–water partition coefficient (Wildman–Crippen LogP) is 3.22. The molecule has 2 aromatic carbocycles. The Bertz CT molecular complexity index is 837. The van der Waals surface area contributed by atoms with E-state index in [4.69, 9.17) is 21.1 Å². The third-order valence-corrected chi connectivity index (χ3v) is 5.39. The Morgan fingerprint density at radius 2 is 1.81 bits per heavy atom. The lowest BCUT2D eigenvalue weighted by molar-refractivity contribution is -0.120. The van der Waals surface area contributed by atoms with E-state index in [1.807, 2.05) is 43.3 Å². The number of hydrogen-bond acceptors (Lipinski definition) is 5. The Hall–Kier alpha value is -2.44. The summed E-state index contributed by atoms with van der Waals surface area (Å²) in [7, 11) is 0. The van der Waals surface area contributed by atoms with E-state index >= 15 is 0 Å². The maximum absolute atomic E-state index is 12.7. The normalized spacial score (nSPS) is 17.6. The minimum absolute atomic E-state index is 0.0277. The van der Waals surface area contributed by atoms with Gasteiger partial charge in [0.25, 0.3) is 0 Å². The van der Waals surface area contributed by atoms with Crippen LogP contribution < -0.4 is 19.7 Å². The molecular formula is C20H22ClN3O3. The van der Waals surface area contributed by atoms with Gasteiger partial charge in [0.2, 0.25) is 12.7 Å². The molecule has 0 saturated carbocycles. The second-order valence-electron chi connectivity index (χ2n) is 6.71. The number of carbonyl (C=O) groups is 1. The number of nitrogens with zero attached hydrogens (tertiary/aromatic N) is 2. The first-order chi connectivity index (χ1) is 13.1. The number of fused-ring (bicyclic) bond motifs is 1. The molecule has 1 amide bonds. The van der Waals surface area contributed by atoms with Crippen molar-refractivity contribution in [1.82, 2.24) is 4.90 Å². The Morgan fingerprint density at radius 3 is 2.59 bits per heavy atom. The van der Waals surface area contributed by atoms with Crippen LogP contribution in [0.5, 0.6) is 11.5 Å². The van der Waals surface area contributed by atoms with Crippen molar-refractivity contribution in [3.05, 3.63) is 47.5 Å². The molecule has 0 aliphatic carbocycles. The highest BCUT2D eigenvalue weighted by Crippen LogP contribution is 2.34. The van der Waals surface area contributed by atoms with E-state index in [-0.39, 0.29) is 18.7 Å². The third kappa shape index (κ3) is 3.82. The molecule has 0 bridgehead atoms. The van der Waals surface area contributed by atoms with Crippen LogP contribution in [0.2, 0.25) is 5.02 Å². The van der Waals surface area contributed by atoms with Gasteiger partial charge in [-0.1, -0.05) is 23.7 Å². The number of carbonyl (C=O) groups excluding carboxylic acids is 1. The Labute approximate surface area is 163 Å². The fraction of sp³-hybridized carbons (Fsp3) is 0.350. The van der Waals surface area contributed by atoms with Gasteiger partial charge in [-0.15, -0.1) is 0 Å². The largest absolute Gasteiger partial charge is 0.454 e. The third-order valence-electron chi connectivity index (χ3n) is 5.07. The van der Waals surface area contributed by atoms with Gasteiger partial charge in [0.15, 0.2) is 11.5 Å². The second-order valence-corrected chi connectivity index (χ2v) is 7.11. The van der Waals surface area contributed by atoms with Crippen molar-refractivity contribution >= 4 is 28.9 Å². The molecule has 0 aromatic heterocycles. The molecular weight excluding hydrogens is 366 g/mol. The Morgan fingerprint density at radius 1 is 1.07 bits per heavy atom. The van der Waals surface area contributed by atoms with Crippen LogP contribution in [0.25, 0.3) is 0 Å². The summed E-state index contributed by atoms with van der Waals surface area (Å²) in [5.41, 5.74) is 1.77. The van der Waals surface area contributed by atoms with Crippen LogP contribution in [0.15, 0.2) is 42.5 Å². The van der Waals surface area contributed by atoms with Gasteiger partial charge < -0.3 is 19.7 Å². The van der Waals surface area contributed by atoms with E-state index in [0.29, 0.717) is 17.2 Å². The number of ether oxygens (including phenoxy) is 2. The number of hydrogen-bond donors (Lipinski definition) is 1. The number of benzene rings is 2. The SMILES string of the molecule is C[C@@H](C(=O)Nc1ccc2c(c1)OCO2)N1CCN(c2ccccc2Cl)CC1. The molecule has 27 heavy (non-hydrogen) atoms. The zero-order valence-corrected chi connectivity index (χ0v) is 15.9. The molecule has 1 N–H and O–H groups in total. The summed E-state index contributed by atoms with van der Waals surface area (Å²) < 4.78 is 10.7. The number of nitrogens with one attached hydrogen (secondary N) is 1. The number of halogens is 1. The molecule has 1 fully saturated rings. The van der Waals surface area contributed by atoms with Crippen molar-refractivity contribution in [3.8, 4) is 11.5 Å². The highest BCUT2D eigenvalue weighted by molar-refractivity contribution is 6.33. The molecule has 0 radical (unpaired) electrons.